The quantitative estimate of drug-likeness (QED) is 0.350. The monoisotopic (exact) mass is 440 g/mol. The Morgan fingerprint density at radius 1 is 0.969 bits per heavy atom. The average Bonchev–Trinajstić information content (AvgIpc) is 2.82. The van der Waals surface area contributed by atoms with Gasteiger partial charge in [-0.3, -0.25) is 9.78 Å². The molecule has 0 aliphatic heterocycles. The summed E-state index contributed by atoms with van der Waals surface area (Å²) in [6.45, 7) is 4.15. The minimum Gasteiger partial charge on any atom is -0.439 e. The lowest BCUT2D eigenvalue weighted by molar-refractivity contribution is 0.102. The summed E-state index contributed by atoms with van der Waals surface area (Å²) in [6, 6.07) is 21.9. The smallest absolute Gasteiger partial charge is 0.257 e. The van der Waals surface area contributed by atoms with Gasteiger partial charge in [0, 0.05) is 46.5 Å². The molecule has 2 heterocycles. The van der Waals surface area contributed by atoms with Gasteiger partial charge in [0.25, 0.3) is 5.91 Å². The van der Waals surface area contributed by atoms with Crippen molar-refractivity contribution in [2.75, 3.05) is 11.1 Å². The summed E-state index contributed by atoms with van der Waals surface area (Å²) in [5, 5.41) is 2.94. The number of pyridine rings is 2. The number of hydrogen-bond donors (Lipinski definition) is 2. The van der Waals surface area contributed by atoms with Gasteiger partial charge in [0.15, 0.2) is 0 Å². The van der Waals surface area contributed by atoms with Crippen molar-refractivity contribution in [2.45, 2.75) is 4.90 Å². The van der Waals surface area contributed by atoms with Crippen molar-refractivity contribution in [3.63, 3.8) is 0 Å². The number of ether oxygens (including phenoxy) is 1. The van der Waals surface area contributed by atoms with Crippen molar-refractivity contribution in [3.05, 3.63) is 109 Å². The molecule has 0 unspecified atom stereocenters. The molecule has 2 aromatic carbocycles. The largest absolute Gasteiger partial charge is 0.439 e. The number of carbonyl (C=O) groups is 1. The Labute approximate surface area is 190 Å². The Morgan fingerprint density at radius 2 is 1.75 bits per heavy atom. The van der Waals surface area contributed by atoms with Crippen LogP contribution in [-0.4, -0.2) is 15.9 Å². The summed E-state index contributed by atoms with van der Waals surface area (Å²) in [7, 11) is 0. The minimum atomic E-state index is -0.282. The Balaban J connectivity index is 1.47. The van der Waals surface area contributed by atoms with Crippen molar-refractivity contribution in [2.24, 2.45) is 0 Å². The van der Waals surface area contributed by atoms with E-state index in [0.29, 0.717) is 28.6 Å². The Hall–Kier alpha value is -4.10. The fourth-order valence-corrected chi connectivity index (χ4v) is 3.73. The topological polar surface area (TPSA) is 90.1 Å². The van der Waals surface area contributed by atoms with Gasteiger partial charge < -0.3 is 15.8 Å². The van der Waals surface area contributed by atoms with Crippen molar-refractivity contribution in [1.29, 1.82) is 0 Å². The number of nitrogen functional groups attached to an aromatic ring is 1. The molecule has 6 nitrogen and oxygen atoms in total. The van der Waals surface area contributed by atoms with E-state index in [2.05, 4.69) is 21.9 Å². The van der Waals surface area contributed by atoms with Gasteiger partial charge in [-0.2, -0.15) is 0 Å². The first-order valence-corrected chi connectivity index (χ1v) is 10.6. The van der Waals surface area contributed by atoms with Crippen LogP contribution in [0.3, 0.4) is 0 Å². The van der Waals surface area contributed by atoms with Crippen LogP contribution in [0.15, 0.2) is 103 Å². The second kappa shape index (κ2) is 9.80. The molecule has 1 amide bonds. The van der Waals surface area contributed by atoms with Crippen LogP contribution in [-0.2, 0) is 0 Å². The van der Waals surface area contributed by atoms with Crippen LogP contribution in [0.1, 0.15) is 15.9 Å². The fraction of sp³-hybridized carbons (Fsp3) is 0. The van der Waals surface area contributed by atoms with E-state index in [1.807, 2.05) is 54.6 Å². The molecule has 0 spiro atoms. The third kappa shape index (κ3) is 5.14. The molecule has 0 radical (unpaired) electrons. The predicted molar refractivity (Wildman–Crippen MR) is 129 cm³/mol. The number of hydrogen-bond acceptors (Lipinski definition) is 6. The van der Waals surface area contributed by atoms with E-state index in [9.17, 15) is 4.79 Å². The number of aromatic nitrogens is 2. The van der Waals surface area contributed by atoms with Gasteiger partial charge in [0.1, 0.15) is 5.75 Å². The van der Waals surface area contributed by atoms with Crippen LogP contribution in [0, 0.1) is 0 Å². The molecule has 0 aliphatic carbocycles. The van der Waals surface area contributed by atoms with Crippen LogP contribution in [0.4, 0.5) is 11.4 Å². The zero-order valence-electron chi connectivity index (χ0n) is 17.1. The number of benzene rings is 2. The molecule has 4 aromatic rings. The molecule has 0 saturated carbocycles. The van der Waals surface area contributed by atoms with Crippen LogP contribution in [0.5, 0.6) is 11.6 Å². The van der Waals surface area contributed by atoms with Crippen molar-refractivity contribution >= 4 is 33.9 Å². The average molecular weight is 441 g/mol. The molecule has 0 atom stereocenters. The molecule has 4 rings (SSSR count). The maximum Gasteiger partial charge on any atom is 0.257 e. The van der Waals surface area contributed by atoms with Crippen molar-refractivity contribution < 1.29 is 9.53 Å². The molecule has 3 N–H and O–H groups in total. The second-order valence-electron chi connectivity index (χ2n) is 6.74. The van der Waals surface area contributed by atoms with Gasteiger partial charge in [0.2, 0.25) is 5.88 Å². The minimum absolute atomic E-state index is 0.282. The van der Waals surface area contributed by atoms with Crippen LogP contribution in [0.25, 0.3) is 4.91 Å². The lowest BCUT2D eigenvalue weighted by Crippen LogP contribution is -2.13. The zero-order valence-corrected chi connectivity index (χ0v) is 17.9. The Kier molecular flexibility index (Phi) is 6.48. The number of nitrogens with two attached hydrogens (primary N) is 1. The van der Waals surface area contributed by atoms with E-state index in [1.54, 1.807) is 30.6 Å². The molecule has 32 heavy (non-hydrogen) atoms. The highest BCUT2D eigenvalue weighted by molar-refractivity contribution is 8.08. The zero-order chi connectivity index (χ0) is 22.3. The number of nitrogens with one attached hydrogen (secondary N) is 1. The standard InChI is InChI=1S/C25H20N4O2S/c1-17(32-23-16-27-14-13-21(23)26)20-9-5-6-10-22(20)29-25(30)18-11-12-24(28-15-18)31-19-7-3-2-4-8-19/h2-16H,1H2,(H2,26,27)(H,29,30). The number of amides is 1. The lowest BCUT2D eigenvalue weighted by Gasteiger charge is -2.13. The molecule has 0 fully saturated rings. The van der Waals surface area contributed by atoms with Gasteiger partial charge in [-0.25, -0.2) is 4.98 Å². The van der Waals surface area contributed by atoms with Gasteiger partial charge in [-0.1, -0.05) is 54.7 Å². The SMILES string of the molecule is C=C(Sc1cnccc1N)c1ccccc1NC(=O)c1ccc(Oc2ccccc2)nc1. The van der Waals surface area contributed by atoms with E-state index in [-0.39, 0.29) is 5.91 Å². The molecule has 0 saturated heterocycles. The van der Waals surface area contributed by atoms with Crippen LogP contribution in [0.2, 0.25) is 0 Å². The van der Waals surface area contributed by atoms with E-state index in [0.717, 1.165) is 15.4 Å². The summed E-state index contributed by atoms with van der Waals surface area (Å²) in [5.74, 6) is 0.804. The molecule has 2 aromatic heterocycles. The summed E-state index contributed by atoms with van der Waals surface area (Å²) in [5.41, 5.74) is 8.49. The first kappa shape index (κ1) is 21.1. The first-order chi connectivity index (χ1) is 15.6. The highest BCUT2D eigenvalue weighted by Crippen LogP contribution is 2.38. The van der Waals surface area contributed by atoms with Crippen LogP contribution < -0.4 is 15.8 Å². The van der Waals surface area contributed by atoms with Crippen molar-refractivity contribution in [3.8, 4) is 11.6 Å². The number of thioether (sulfide) groups is 1. The second-order valence-corrected chi connectivity index (χ2v) is 7.88. The van der Waals surface area contributed by atoms with Gasteiger partial charge >= 0.3 is 0 Å². The Bertz CT molecular complexity index is 1240. The summed E-state index contributed by atoms with van der Waals surface area (Å²) >= 11 is 1.40. The molecule has 0 bridgehead atoms. The van der Waals surface area contributed by atoms with Crippen molar-refractivity contribution in [1.82, 2.24) is 9.97 Å². The number of rotatable bonds is 7. The number of carbonyl (C=O) groups excluding carboxylic acids is 1. The summed E-state index contributed by atoms with van der Waals surface area (Å²) in [4.78, 5) is 22.7. The van der Waals surface area contributed by atoms with Gasteiger partial charge in [0.05, 0.1) is 10.5 Å². The number of nitrogens with zero attached hydrogens (tertiary/aromatic N) is 2. The van der Waals surface area contributed by atoms with E-state index >= 15 is 0 Å². The highest BCUT2D eigenvalue weighted by atomic mass is 32.2. The third-order valence-corrected chi connectivity index (χ3v) is 5.52. The first-order valence-electron chi connectivity index (χ1n) is 9.76. The van der Waals surface area contributed by atoms with E-state index < -0.39 is 0 Å². The maximum atomic E-state index is 12.8. The van der Waals surface area contributed by atoms with E-state index in [1.165, 1.54) is 18.0 Å². The molecular formula is C25H20N4O2S. The number of anilines is 2. The fourth-order valence-electron chi connectivity index (χ4n) is 2.88. The number of para-hydroxylation sites is 2. The summed E-state index contributed by atoms with van der Waals surface area (Å²) in [6.07, 6.45) is 4.81. The van der Waals surface area contributed by atoms with Crippen LogP contribution >= 0.6 is 11.8 Å². The maximum absolute atomic E-state index is 12.8. The molecule has 0 aliphatic rings. The molecular weight excluding hydrogens is 420 g/mol. The van der Waals surface area contributed by atoms with Gasteiger partial charge in [-0.05, 0) is 30.3 Å². The molecule has 158 valence electrons. The lowest BCUT2D eigenvalue weighted by atomic mass is 10.1. The van der Waals surface area contributed by atoms with E-state index in [4.69, 9.17) is 10.5 Å². The Morgan fingerprint density at radius 3 is 2.50 bits per heavy atom. The normalized spacial score (nSPS) is 10.4. The highest BCUT2D eigenvalue weighted by Gasteiger charge is 2.13. The van der Waals surface area contributed by atoms with Gasteiger partial charge in [-0.15, -0.1) is 0 Å². The predicted octanol–water partition coefficient (Wildman–Crippen LogP) is 5.87. The third-order valence-electron chi connectivity index (χ3n) is 4.49. The summed E-state index contributed by atoms with van der Waals surface area (Å²) < 4.78 is 5.68. The molecule has 7 heteroatoms.